The van der Waals surface area contributed by atoms with Crippen LogP contribution in [-0.4, -0.2) is 29.0 Å². The molecule has 102 valence electrons. The third kappa shape index (κ3) is 2.12. The van der Waals surface area contributed by atoms with Gasteiger partial charge in [0.15, 0.2) is 5.65 Å². The average Bonchev–Trinajstić information content (AvgIpc) is 2.88. The van der Waals surface area contributed by atoms with Gasteiger partial charge in [-0.05, 0) is 15.9 Å². The van der Waals surface area contributed by atoms with Gasteiger partial charge < -0.3 is 0 Å². The molecule has 5 nitrogen and oxygen atoms in total. The van der Waals surface area contributed by atoms with Crippen LogP contribution >= 0.6 is 15.9 Å². The van der Waals surface area contributed by atoms with E-state index in [9.17, 15) is 8.42 Å². The predicted octanol–water partition coefficient (Wildman–Crippen LogP) is 2.56. The first-order valence-electron chi connectivity index (χ1n) is 5.76. The highest BCUT2D eigenvalue weighted by atomic mass is 79.9. The van der Waals surface area contributed by atoms with E-state index in [1.54, 1.807) is 12.4 Å². The maximum atomic E-state index is 11.9. The fourth-order valence-electron chi connectivity index (χ4n) is 1.97. The third-order valence-electron chi connectivity index (χ3n) is 2.84. The summed E-state index contributed by atoms with van der Waals surface area (Å²) in [5.41, 5.74) is 1.92. The molecule has 20 heavy (non-hydrogen) atoms. The second-order valence-corrected chi connectivity index (χ2v) is 7.02. The van der Waals surface area contributed by atoms with E-state index in [-0.39, 0.29) is 5.16 Å². The van der Waals surface area contributed by atoms with E-state index in [1.807, 2.05) is 30.3 Å². The molecule has 0 atom stereocenters. The Morgan fingerprint density at radius 1 is 1.20 bits per heavy atom. The summed E-state index contributed by atoms with van der Waals surface area (Å²) in [7, 11) is -3.46. The largest absolute Gasteiger partial charge is 0.274 e. The van der Waals surface area contributed by atoms with Gasteiger partial charge in [0.05, 0.1) is 10.2 Å². The van der Waals surface area contributed by atoms with Crippen molar-refractivity contribution in [1.29, 1.82) is 0 Å². The molecule has 0 unspecified atom stereocenters. The molecule has 0 saturated carbocycles. The van der Waals surface area contributed by atoms with Gasteiger partial charge >= 0.3 is 0 Å². The minimum absolute atomic E-state index is 0.0212. The molecule has 0 spiro atoms. The van der Waals surface area contributed by atoms with Crippen LogP contribution in [0.1, 0.15) is 0 Å². The number of aromatic nitrogens is 3. The molecule has 0 aliphatic heterocycles. The highest BCUT2D eigenvalue weighted by molar-refractivity contribution is 9.10. The number of rotatable bonds is 2. The molecule has 0 N–H and O–H groups in total. The number of sulfone groups is 1. The minimum atomic E-state index is -3.46. The molecule has 0 aliphatic rings. The molecule has 0 radical (unpaired) electrons. The molecule has 0 amide bonds. The summed E-state index contributed by atoms with van der Waals surface area (Å²) in [6.07, 6.45) is 4.26. The van der Waals surface area contributed by atoms with Crippen LogP contribution in [0.3, 0.4) is 0 Å². The topological polar surface area (TPSA) is 64.3 Å². The van der Waals surface area contributed by atoms with Crippen LogP contribution in [0.2, 0.25) is 0 Å². The molecule has 7 heteroatoms. The second-order valence-electron chi connectivity index (χ2n) is 4.32. The Bertz CT molecular complexity index is 889. The second kappa shape index (κ2) is 4.68. The summed E-state index contributed by atoms with van der Waals surface area (Å²) in [4.78, 5) is 8.49. The lowest BCUT2D eigenvalue weighted by atomic mass is 10.1. The van der Waals surface area contributed by atoms with E-state index in [1.165, 1.54) is 4.40 Å². The van der Waals surface area contributed by atoms with Crippen molar-refractivity contribution in [1.82, 2.24) is 14.4 Å². The molecular formula is C13H10BrN3O2S. The molecule has 2 heterocycles. The Kier molecular flexibility index (Phi) is 3.10. The Hall–Kier alpha value is -1.73. The van der Waals surface area contributed by atoms with E-state index in [2.05, 4.69) is 25.9 Å². The van der Waals surface area contributed by atoms with Crippen LogP contribution < -0.4 is 0 Å². The van der Waals surface area contributed by atoms with Gasteiger partial charge in [0.1, 0.15) is 0 Å². The number of nitrogens with zero attached hydrogens (tertiary/aromatic N) is 3. The van der Waals surface area contributed by atoms with Crippen molar-refractivity contribution >= 4 is 31.4 Å². The summed E-state index contributed by atoms with van der Waals surface area (Å²) in [6, 6.07) is 9.39. The van der Waals surface area contributed by atoms with Crippen molar-refractivity contribution in [3.05, 3.63) is 47.2 Å². The molecule has 0 saturated heterocycles. The molecule has 0 bridgehead atoms. The van der Waals surface area contributed by atoms with Crippen molar-refractivity contribution in [2.75, 3.05) is 6.26 Å². The zero-order valence-corrected chi connectivity index (χ0v) is 12.9. The molecular weight excluding hydrogens is 342 g/mol. The first kappa shape index (κ1) is 13.3. The fraction of sp³-hybridized carbons (Fsp3) is 0.0769. The lowest BCUT2D eigenvalue weighted by Gasteiger charge is -2.09. The monoisotopic (exact) mass is 351 g/mol. The standard InChI is InChI=1S/C13H10BrN3O2S/c1-20(18,19)13-16-11(9-5-3-2-4-6-9)10(14)12-15-7-8-17(12)13/h2-8H,1H3. The zero-order chi connectivity index (χ0) is 14.3. The van der Waals surface area contributed by atoms with E-state index in [4.69, 9.17) is 0 Å². The Morgan fingerprint density at radius 2 is 1.90 bits per heavy atom. The Morgan fingerprint density at radius 3 is 2.55 bits per heavy atom. The van der Waals surface area contributed by atoms with Gasteiger partial charge in [-0.3, -0.25) is 4.40 Å². The Labute approximate surface area is 124 Å². The van der Waals surface area contributed by atoms with E-state index in [0.717, 1.165) is 11.8 Å². The molecule has 0 aliphatic carbocycles. The highest BCUT2D eigenvalue weighted by Gasteiger charge is 2.20. The van der Waals surface area contributed by atoms with Crippen LogP contribution in [0.4, 0.5) is 0 Å². The van der Waals surface area contributed by atoms with Crippen molar-refractivity contribution in [3.63, 3.8) is 0 Å². The number of hydrogen-bond donors (Lipinski definition) is 0. The molecule has 0 fully saturated rings. The van der Waals surface area contributed by atoms with Crippen molar-refractivity contribution in [2.45, 2.75) is 5.16 Å². The number of benzene rings is 1. The first-order valence-corrected chi connectivity index (χ1v) is 8.45. The average molecular weight is 352 g/mol. The smallest absolute Gasteiger partial charge is 0.233 e. The first-order chi connectivity index (χ1) is 9.48. The van der Waals surface area contributed by atoms with Gasteiger partial charge in [0.25, 0.3) is 0 Å². The number of imidazole rings is 1. The number of hydrogen-bond acceptors (Lipinski definition) is 4. The molecule has 3 aromatic rings. The van der Waals surface area contributed by atoms with Gasteiger partial charge in [0.2, 0.25) is 15.0 Å². The molecule has 1 aromatic carbocycles. The third-order valence-corrected chi connectivity index (χ3v) is 4.52. The van der Waals surface area contributed by atoms with Gasteiger partial charge in [0, 0.05) is 24.2 Å². The van der Waals surface area contributed by atoms with Crippen LogP contribution in [-0.2, 0) is 9.84 Å². The van der Waals surface area contributed by atoms with Crippen LogP contribution in [0.25, 0.3) is 16.9 Å². The van der Waals surface area contributed by atoms with E-state index < -0.39 is 9.84 Å². The minimum Gasteiger partial charge on any atom is -0.274 e. The van der Waals surface area contributed by atoms with Crippen LogP contribution in [0, 0.1) is 0 Å². The fourth-order valence-corrected chi connectivity index (χ4v) is 3.35. The summed E-state index contributed by atoms with van der Waals surface area (Å²) in [5.74, 6) is 0. The van der Waals surface area contributed by atoms with Gasteiger partial charge in [-0.1, -0.05) is 30.3 Å². The van der Waals surface area contributed by atoms with Gasteiger partial charge in [-0.2, -0.15) is 0 Å². The Balaban J connectivity index is 2.43. The quantitative estimate of drug-likeness (QED) is 0.665. The summed E-state index contributed by atoms with van der Waals surface area (Å²) >= 11 is 3.46. The van der Waals surface area contributed by atoms with Crippen molar-refractivity contribution in [2.24, 2.45) is 0 Å². The normalized spacial score (nSPS) is 11.9. The molecule has 3 rings (SSSR count). The van der Waals surface area contributed by atoms with Crippen molar-refractivity contribution in [3.8, 4) is 11.3 Å². The number of halogens is 1. The van der Waals surface area contributed by atoms with Gasteiger partial charge in [-0.15, -0.1) is 0 Å². The predicted molar refractivity (Wildman–Crippen MR) is 79.2 cm³/mol. The maximum Gasteiger partial charge on any atom is 0.233 e. The molecule has 2 aromatic heterocycles. The summed E-state index contributed by atoms with van der Waals surface area (Å²) in [5, 5.41) is -0.0212. The SMILES string of the molecule is CS(=O)(=O)c1nc(-c2ccccc2)c(Br)c2nccn12. The van der Waals surface area contributed by atoms with Crippen LogP contribution in [0.15, 0.2) is 52.4 Å². The van der Waals surface area contributed by atoms with Gasteiger partial charge in [-0.25, -0.2) is 18.4 Å². The lowest BCUT2D eigenvalue weighted by Crippen LogP contribution is -2.09. The summed E-state index contributed by atoms with van der Waals surface area (Å²) in [6.45, 7) is 0. The summed E-state index contributed by atoms with van der Waals surface area (Å²) < 4.78 is 26.0. The van der Waals surface area contributed by atoms with Crippen LogP contribution in [0.5, 0.6) is 0 Å². The van der Waals surface area contributed by atoms with E-state index >= 15 is 0 Å². The zero-order valence-electron chi connectivity index (χ0n) is 10.5. The highest BCUT2D eigenvalue weighted by Crippen LogP contribution is 2.30. The lowest BCUT2D eigenvalue weighted by molar-refractivity contribution is 0.590. The number of fused-ring (bicyclic) bond motifs is 1. The van der Waals surface area contributed by atoms with Crippen molar-refractivity contribution < 1.29 is 8.42 Å². The maximum absolute atomic E-state index is 11.9. The van der Waals surface area contributed by atoms with E-state index in [0.29, 0.717) is 15.8 Å².